The lowest BCUT2D eigenvalue weighted by Crippen LogP contribution is -2.28. The van der Waals surface area contributed by atoms with Gasteiger partial charge in [-0.15, -0.1) is 0 Å². The van der Waals surface area contributed by atoms with E-state index in [-0.39, 0.29) is 5.41 Å². The van der Waals surface area contributed by atoms with Gasteiger partial charge in [0.25, 0.3) is 0 Å². The molecule has 2 heterocycles. The van der Waals surface area contributed by atoms with E-state index in [1.54, 1.807) is 0 Å². The van der Waals surface area contributed by atoms with Crippen molar-refractivity contribution in [1.29, 1.82) is 0 Å². The van der Waals surface area contributed by atoms with Crippen LogP contribution in [-0.2, 0) is 5.41 Å². The van der Waals surface area contributed by atoms with Crippen molar-refractivity contribution >= 4 is 65.9 Å². The van der Waals surface area contributed by atoms with E-state index in [1.165, 1.54) is 71.3 Å². The number of hydrogen-bond acceptors (Lipinski definition) is 2. The fraction of sp³-hybridized carbons (Fsp3) is 0.102. The largest absolute Gasteiger partial charge is 0.456 e. The third kappa shape index (κ3) is 3.55. The molecule has 3 aliphatic carbocycles. The van der Waals surface area contributed by atoms with E-state index in [9.17, 15) is 0 Å². The molecule has 0 aliphatic heterocycles. The summed E-state index contributed by atoms with van der Waals surface area (Å²) in [7, 11) is 0. The molecule has 3 heteroatoms. The van der Waals surface area contributed by atoms with Crippen molar-refractivity contribution in [3.05, 3.63) is 175 Å². The average Bonchev–Trinajstić information content (AvgIpc) is 3.78. The third-order valence-electron chi connectivity index (χ3n) is 12.4. The monoisotopic (exact) mass is 666 g/mol. The second-order valence-corrected chi connectivity index (χ2v) is 15.3. The number of allylic oxidation sites excluding steroid dienone is 3. The van der Waals surface area contributed by atoms with Crippen molar-refractivity contribution in [2.24, 2.45) is 5.92 Å². The summed E-state index contributed by atoms with van der Waals surface area (Å²) >= 11 is 0. The third-order valence-corrected chi connectivity index (χ3v) is 12.4. The van der Waals surface area contributed by atoms with E-state index in [2.05, 4.69) is 181 Å². The lowest BCUT2D eigenvalue weighted by atomic mass is 9.74. The molecule has 0 bridgehead atoms. The van der Waals surface area contributed by atoms with Crippen LogP contribution in [0.4, 0.5) is 11.4 Å². The molecule has 0 saturated heterocycles. The minimum absolute atomic E-state index is 0.0416. The first kappa shape index (κ1) is 28.4. The van der Waals surface area contributed by atoms with Gasteiger partial charge in [-0.3, -0.25) is 0 Å². The Kier molecular flexibility index (Phi) is 5.42. The molecular weight excluding hydrogens is 633 g/mol. The molecule has 2 unspecified atom stereocenters. The summed E-state index contributed by atoms with van der Waals surface area (Å²) in [4.78, 5) is 2.42. The van der Waals surface area contributed by atoms with Crippen LogP contribution < -0.4 is 4.90 Å². The van der Waals surface area contributed by atoms with Crippen LogP contribution in [0, 0.1) is 5.92 Å². The molecule has 12 rings (SSSR count). The number of fused-ring (bicyclic) bond motifs is 4. The summed E-state index contributed by atoms with van der Waals surface area (Å²) < 4.78 is 8.91. The summed E-state index contributed by atoms with van der Waals surface area (Å²) in [6.45, 7) is 4.81. The molecule has 0 fully saturated rings. The van der Waals surface area contributed by atoms with Crippen molar-refractivity contribution in [2.45, 2.75) is 25.2 Å². The van der Waals surface area contributed by atoms with Crippen molar-refractivity contribution < 1.29 is 4.42 Å². The Morgan fingerprint density at radius 3 is 2.15 bits per heavy atom. The number of para-hydroxylation sites is 1. The Labute approximate surface area is 301 Å². The Hall–Kier alpha value is -6.32. The highest BCUT2D eigenvalue weighted by atomic mass is 16.3. The SMILES string of the molecule is CC1(C)c2ccccc2C2C=CC(N(c3ccccc3)c3ccc(-n4c5cccc6c5c5c7c(ccc8oc9cccc-6c9c87)ccc54)cc3)=CC21. The van der Waals surface area contributed by atoms with Gasteiger partial charge in [-0.2, -0.15) is 0 Å². The van der Waals surface area contributed by atoms with Crippen LogP contribution in [0.2, 0.25) is 0 Å². The van der Waals surface area contributed by atoms with Crippen LogP contribution in [-0.4, -0.2) is 4.57 Å². The van der Waals surface area contributed by atoms with Gasteiger partial charge in [0, 0.05) is 55.6 Å². The maximum atomic E-state index is 6.46. The van der Waals surface area contributed by atoms with Gasteiger partial charge < -0.3 is 13.9 Å². The highest BCUT2D eigenvalue weighted by Gasteiger charge is 2.45. The van der Waals surface area contributed by atoms with Crippen molar-refractivity contribution in [2.75, 3.05) is 4.90 Å². The molecule has 246 valence electrons. The molecular formula is C49H34N2O. The van der Waals surface area contributed by atoms with Gasteiger partial charge in [-0.25, -0.2) is 0 Å². The molecule has 0 radical (unpaired) electrons. The molecule has 3 aliphatic rings. The van der Waals surface area contributed by atoms with Gasteiger partial charge in [0.05, 0.1) is 11.0 Å². The van der Waals surface area contributed by atoms with E-state index in [1.807, 2.05) is 0 Å². The van der Waals surface area contributed by atoms with Crippen molar-refractivity contribution in [3.63, 3.8) is 0 Å². The quantitative estimate of drug-likeness (QED) is 0.186. The maximum Gasteiger partial charge on any atom is 0.136 e. The maximum absolute atomic E-state index is 6.46. The van der Waals surface area contributed by atoms with E-state index in [4.69, 9.17) is 4.42 Å². The number of nitrogens with zero attached hydrogens (tertiary/aromatic N) is 2. The molecule has 0 saturated carbocycles. The number of benzene rings is 7. The zero-order valence-corrected chi connectivity index (χ0v) is 29.0. The molecule has 3 nitrogen and oxygen atoms in total. The normalized spacial score (nSPS) is 18.0. The van der Waals surface area contributed by atoms with Crippen LogP contribution in [0.25, 0.3) is 71.3 Å². The summed E-state index contributed by atoms with van der Waals surface area (Å²) in [6.07, 6.45) is 7.30. The highest BCUT2D eigenvalue weighted by molar-refractivity contribution is 6.37. The highest BCUT2D eigenvalue weighted by Crippen LogP contribution is 2.54. The second-order valence-electron chi connectivity index (χ2n) is 15.3. The van der Waals surface area contributed by atoms with Crippen molar-refractivity contribution in [3.8, 4) is 16.8 Å². The molecule has 52 heavy (non-hydrogen) atoms. The first-order chi connectivity index (χ1) is 25.6. The predicted octanol–water partition coefficient (Wildman–Crippen LogP) is 13.1. The fourth-order valence-corrected chi connectivity index (χ4v) is 10.1. The smallest absolute Gasteiger partial charge is 0.136 e. The average molecular weight is 667 g/mol. The molecule has 9 aromatic rings. The minimum atomic E-state index is 0.0416. The van der Waals surface area contributed by atoms with Crippen LogP contribution in [0.15, 0.2) is 168 Å². The standard InChI is InChI=1S/C49H34N2O/c1-49(2)38-15-7-6-12-34(38)35-25-24-33(28-39(35)49)50(30-10-4-3-5-11-30)31-20-22-32(23-21-31)51-40-16-8-13-36-37-14-9-17-42-46(37)48-43(52-42)27-19-29-18-26-41(51)47(44(29)48)45(36)40/h3-28,35,39H,1-2H3. The van der Waals surface area contributed by atoms with Gasteiger partial charge in [-0.05, 0) is 106 Å². The number of hydrogen-bond donors (Lipinski definition) is 0. The molecule has 2 atom stereocenters. The van der Waals surface area contributed by atoms with Gasteiger partial charge in [0.2, 0.25) is 0 Å². The van der Waals surface area contributed by atoms with Gasteiger partial charge in [0.1, 0.15) is 11.2 Å². The predicted molar refractivity (Wildman–Crippen MR) is 216 cm³/mol. The number of aromatic nitrogens is 1. The Balaban J connectivity index is 1.04. The molecule has 2 aromatic heterocycles. The number of furan rings is 1. The minimum Gasteiger partial charge on any atom is -0.456 e. The first-order valence-corrected chi connectivity index (χ1v) is 18.4. The van der Waals surface area contributed by atoms with Crippen LogP contribution in [0.5, 0.6) is 0 Å². The zero-order chi connectivity index (χ0) is 34.3. The zero-order valence-electron chi connectivity index (χ0n) is 29.0. The summed E-state index contributed by atoms with van der Waals surface area (Å²) in [5.74, 6) is 0.771. The fourth-order valence-electron chi connectivity index (χ4n) is 10.1. The van der Waals surface area contributed by atoms with E-state index >= 15 is 0 Å². The number of anilines is 2. The first-order valence-electron chi connectivity index (χ1n) is 18.4. The van der Waals surface area contributed by atoms with Crippen LogP contribution in [0.1, 0.15) is 30.9 Å². The van der Waals surface area contributed by atoms with Crippen molar-refractivity contribution in [1.82, 2.24) is 4.57 Å². The van der Waals surface area contributed by atoms with Gasteiger partial charge in [-0.1, -0.05) is 105 Å². The molecule has 0 N–H and O–H groups in total. The van der Waals surface area contributed by atoms with Crippen LogP contribution in [0.3, 0.4) is 0 Å². The lowest BCUT2D eigenvalue weighted by molar-refractivity contribution is 0.392. The summed E-state index contributed by atoms with van der Waals surface area (Å²) in [5, 5.41) is 7.58. The topological polar surface area (TPSA) is 21.3 Å². The van der Waals surface area contributed by atoms with E-state index in [0.29, 0.717) is 11.8 Å². The Morgan fingerprint density at radius 2 is 1.29 bits per heavy atom. The van der Waals surface area contributed by atoms with E-state index in [0.717, 1.165) is 28.2 Å². The Morgan fingerprint density at radius 1 is 0.577 bits per heavy atom. The molecule has 0 amide bonds. The van der Waals surface area contributed by atoms with Gasteiger partial charge >= 0.3 is 0 Å². The molecule has 7 aromatic carbocycles. The summed E-state index contributed by atoms with van der Waals surface area (Å²) in [5.41, 5.74) is 14.4. The summed E-state index contributed by atoms with van der Waals surface area (Å²) in [6, 6.07) is 51.2. The second kappa shape index (κ2) is 9.92. The number of rotatable bonds is 4. The van der Waals surface area contributed by atoms with Gasteiger partial charge in [0.15, 0.2) is 0 Å². The van der Waals surface area contributed by atoms with Crippen LogP contribution >= 0.6 is 0 Å². The molecule has 0 spiro atoms. The lowest BCUT2D eigenvalue weighted by Gasteiger charge is -2.34. The Bertz CT molecular complexity index is 3050. The van der Waals surface area contributed by atoms with E-state index < -0.39 is 0 Å².